The third kappa shape index (κ3) is 5.32. The summed E-state index contributed by atoms with van der Waals surface area (Å²) in [5.41, 5.74) is 2.29. The molecule has 0 radical (unpaired) electrons. The van der Waals surface area contributed by atoms with Gasteiger partial charge in [0.15, 0.2) is 0 Å². The van der Waals surface area contributed by atoms with E-state index >= 15 is 0 Å². The number of aromatic nitrogens is 2. The summed E-state index contributed by atoms with van der Waals surface area (Å²) in [5, 5.41) is 6.75. The molecule has 1 saturated carbocycles. The molecule has 6 nitrogen and oxygen atoms in total. The standard InChI is InChI=1S/C19H27N5O/c1-24(2)10-9-20-19-22-17(15-7-8-15)12-18(23-19)21-13-14-5-4-6-16(11-14)25-3/h4-6,11-12,15H,7-10,13H2,1-3H3,(H2,20,21,22,23). The lowest BCUT2D eigenvalue weighted by Gasteiger charge is -2.13. The van der Waals surface area contributed by atoms with E-state index in [0.717, 1.165) is 35.9 Å². The van der Waals surface area contributed by atoms with E-state index in [-0.39, 0.29) is 0 Å². The second kappa shape index (κ2) is 8.16. The van der Waals surface area contributed by atoms with Gasteiger partial charge in [-0.1, -0.05) is 12.1 Å². The molecule has 1 fully saturated rings. The third-order valence-corrected chi connectivity index (χ3v) is 4.19. The van der Waals surface area contributed by atoms with Gasteiger partial charge in [0.2, 0.25) is 5.95 Å². The highest BCUT2D eigenvalue weighted by molar-refractivity contribution is 5.45. The van der Waals surface area contributed by atoms with Crippen molar-refractivity contribution in [3.8, 4) is 5.75 Å². The summed E-state index contributed by atoms with van der Waals surface area (Å²) in [6, 6.07) is 10.1. The number of rotatable bonds is 9. The zero-order chi connectivity index (χ0) is 17.6. The number of nitrogens with zero attached hydrogens (tertiary/aromatic N) is 3. The van der Waals surface area contributed by atoms with Crippen LogP contribution in [0.2, 0.25) is 0 Å². The van der Waals surface area contributed by atoms with Crippen LogP contribution in [0.1, 0.15) is 30.0 Å². The predicted octanol–water partition coefficient (Wildman–Crippen LogP) is 2.95. The molecule has 0 amide bonds. The Morgan fingerprint density at radius 2 is 2.00 bits per heavy atom. The molecule has 2 N–H and O–H groups in total. The number of ether oxygens (including phenoxy) is 1. The topological polar surface area (TPSA) is 62.3 Å². The molecule has 1 aromatic heterocycles. The van der Waals surface area contributed by atoms with E-state index in [1.807, 2.05) is 18.2 Å². The summed E-state index contributed by atoms with van der Waals surface area (Å²) >= 11 is 0. The van der Waals surface area contributed by atoms with Gasteiger partial charge in [-0.3, -0.25) is 0 Å². The summed E-state index contributed by atoms with van der Waals surface area (Å²) in [7, 11) is 5.80. The Hall–Kier alpha value is -2.34. The third-order valence-electron chi connectivity index (χ3n) is 4.19. The fourth-order valence-electron chi connectivity index (χ4n) is 2.59. The van der Waals surface area contributed by atoms with E-state index < -0.39 is 0 Å². The van der Waals surface area contributed by atoms with Crippen LogP contribution < -0.4 is 15.4 Å². The number of benzene rings is 1. The smallest absolute Gasteiger partial charge is 0.224 e. The zero-order valence-corrected chi connectivity index (χ0v) is 15.2. The summed E-state index contributed by atoms with van der Waals surface area (Å²) in [6.07, 6.45) is 2.45. The van der Waals surface area contributed by atoms with Crippen LogP contribution in [-0.4, -0.2) is 49.2 Å². The second-order valence-electron chi connectivity index (χ2n) is 6.71. The average molecular weight is 341 g/mol. The van der Waals surface area contributed by atoms with Crippen molar-refractivity contribution in [1.29, 1.82) is 0 Å². The zero-order valence-electron chi connectivity index (χ0n) is 15.2. The van der Waals surface area contributed by atoms with Crippen molar-refractivity contribution in [1.82, 2.24) is 14.9 Å². The van der Waals surface area contributed by atoms with Gasteiger partial charge >= 0.3 is 0 Å². The molecule has 1 heterocycles. The van der Waals surface area contributed by atoms with E-state index in [4.69, 9.17) is 4.74 Å². The molecule has 0 atom stereocenters. The molecule has 3 rings (SSSR count). The molecule has 1 aromatic carbocycles. The van der Waals surface area contributed by atoms with E-state index in [1.165, 1.54) is 12.8 Å². The van der Waals surface area contributed by atoms with Crippen molar-refractivity contribution in [2.45, 2.75) is 25.3 Å². The van der Waals surface area contributed by atoms with E-state index in [2.05, 4.69) is 51.7 Å². The first-order valence-electron chi connectivity index (χ1n) is 8.78. The maximum Gasteiger partial charge on any atom is 0.224 e. The second-order valence-corrected chi connectivity index (χ2v) is 6.71. The molecule has 0 saturated heterocycles. The van der Waals surface area contributed by atoms with Crippen LogP contribution in [0.25, 0.3) is 0 Å². The van der Waals surface area contributed by atoms with Gasteiger partial charge in [0.25, 0.3) is 0 Å². The first-order chi connectivity index (χ1) is 12.1. The molecule has 1 aliphatic rings. The Morgan fingerprint density at radius 1 is 1.16 bits per heavy atom. The van der Waals surface area contributed by atoms with Crippen LogP contribution in [-0.2, 0) is 6.54 Å². The maximum atomic E-state index is 5.28. The summed E-state index contributed by atoms with van der Waals surface area (Å²) in [4.78, 5) is 11.4. The minimum Gasteiger partial charge on any atom is -0.497 e. The molecule has 2 aromatic rings. The van der Waals surface area contributed by atoms with Gasteiger partial charge in [-0.25, -0.2) is 4.98 Å². The molecule has 134 valence electrons. The van der Waals surface area contributed by atoms with E-state index in [9.17, 15) is 0 Å². The average Bonchev–Trinajstić information content (AvgIpc) is 3.45. The van der Waals surface area contributed by atoms with Crippen LogP contribution in [0.4, 0.5) is 11.8 Å². The van der Waals surface area contributed by atoms with Crippen LogP contribution in [0, 0.1) is 0 Å². The number of methoxy groups -OCH3 is 1. The van der Waals surface area contributed by atoms with Gasteiger partial charge in [-0.15, -0.1) is 0 Å². The first kappa shape index (κ1) is 17.5. The minimum atomic E-state index is 0.592. The fourth-order valence-corrected chi connectivity index (χ4v) is 2.59. The fraction of sp³-hybridized carbons (Fsp3) is 0.474. The lowest BCUT2D eigenvalue weighted by atomic mass is 10.2. The Bertz CT molecular complexity index is 700. The molecule has 0 bridgehead atoms. The quantitative estimate of drug-likeness (QED) is 0.731. The SMILES string of the molecule is COc1cccc(CNc2cc(C3CC3)nc(NCCN(C)C)n2)c1. The van der Waals surface area contributed by atoms with Gasteiger partial charge < -0.3 is 20.3 Å². The van der Waals surface area contributed by atoms with Crippen LogP contribution in [0.5, 0.6) is 5.75 Å². The Kier molecular flexibility index (Phi) is 5.71. The lowest BCUT2D eigenvalue weighted by Crippen LogP contribution is -2.21. The first-order valence-corrected chi connectivity index (χ1v) is 8.78. The number of likely N-dealkylation sites (N-methyl/N-ethyl adjacent to an activating group) is 1. The summed E-state index contributed by atoms with van der Waals surface area (Å²) in [6.45, 7) is 2.48. The van der Waals surface area contributed by atoms with E-state index in [1.54, 1.807) is 7.11 Å². The van der Waals surface area contributed by atoms with Crippen molar-refractivity contribution < 1.29 is 4.74 Å². The lowest BCUT2D eigenvalue weighted by molar-refractivity contribution is 0.414. The number of hydrogen-bond donors (Lipinski definition) is 2. The molecule has 0 spiro atoms. The highest BCUT2D eigenvalue weighted by Gasteiger charge is 2.26. The monoisotopic (exact) mass is 341 g/mol. The van der Waals surface area contributed by atoms with Gasteiger partial charge in [0.1, 0.15) is 11.6 Å². The van der Waals surface area contributed by atoms with Gasteiger partial charge in [0.05, 0.1) is 12.8 Å². The number of hydrogen-bond acceptors (Lipinski definition) is 6. The molecule has 1 aliphatic carbocycles. The Morgan fingerprint density at radius 3 is 2.72 bits per heavy atom. The van der Waals surface area contributed by atoms with Crippen molar-refractivity contribution in [2.75, 3.05) is 44.9 Å². The highest BCUT2D eigenvalue weighted by atomic mass is 16.5. The Balaban J connectivity index is 1.67. The van der Waals surface area contributed by atoms with Crippen LogP contribution >= 0.6 is 0 Å². The number of nitrogens with one attached hydrogen (secondary N) is 2. The van der Waals surface area contributed by atoms with E-state index in [0.29, 0.717) is 18.4 Å². The largest absolute Gasteiger partial charge is 0.497 e. The molecular weight excluding hydrogens is 314 g/mol. The minimum absolute atomic E-state index is 0.592. The normalized spacial score (nSPS) is 13.8. The van der Waals surface area contributed by atoms with Crippen LogP contribution in [0.3, 0.4) is 0 Å². The summed E-state index contributed by atoms with van der Waals surface area (Å²) in [5.74, 6) is 3.04. The number of anilines is 2. The van der Waals surface area contributed by atoms with Gasteiger partial charge in [0, 0.05) is 31.6 Å². The van der Waals surface area contributed by atoms with Crippen molar-refractivity contribution in [2.24, 2.45) is 0 Å². The molecule has 25 heavy (non-hydrogen) atoms. The van der Waals surface area contributed by atoms with Crippen molar-refractivity contribution >= 4 is 11.8 Å². The molecule has 0 aliphatic heterocycles. The maximum absolute atomic E-state index is 5.28. The predicted molar refractivity (Wildman–Crippen MR) is 101 cm³/mol. The molecule has 0 unspecified atom stereocenters. The van der Waals surface area contributed by atoms with Gasteiger partial charge in [-0.05, 0) is 44.6 Å². The van der Waals surface area contributed by atoms with Gasteiger partial charge in [-0.2, -0.15) is 4.98 Å². The van der Waals surface area contributed by atoms with Crippen molar-refractivity contribution in [3.05, 3.63) is 41.6 Å². The Labute approximate surface area is 149 Å². The van der Waals surface area contributed by atoms with Crippen molar-refractivity contribution in [3.63, 3.8) is 0 Å². The highest BCUT2D eigenvalue weighted by Crippen LogP contribution is 2.39. The molecule has 6 heteroatoms. The summed E-state index contributed by atoms with van der Waals surface area (Å²) < 4.78 is 5.28. The van der Waals surface area contributed by atoms with Crippen LogP contribution in [0.15, 0.2) is 30.3 Å². The molecular formula is C19H27N5O.